The Morgan fingerprint density at radius 3 is 2.23 bits per heavy atom. The molecule has 1 aromatic carbocycles. The van der Waals surface area contributed by atoms with E-state index < -0.39 is 29.3 Å². The van der Waals surface area contributed by atoms with Crippen LogP contribution in [0.1, 0.15) is 25.7 Å². The largest absolute Gasteiger partial charge is 0.451 e. The first-order valence-electron chi connectivity index (χ1n) is 7.80. The summed E-state index contributed by atoms with van der Waals surface area (Å²) in [5, 5.41) is 3.85. The molecular formula is C17H13F4N3O2. The summed E-state index contributed by atoms with van der Waals surface area (Å²) in [6.45, 7) is 2.04. The summed E-state index contributed by atoms with van der Waals surface area (Å²) in [7, 11) is 0. The monoisotopic (exact) mass is 367 g/mol. The number of benzene rings is 1. The van der Waals surface area contributed by atoms with Crippen molar-refractivity contribution in [1.82, 2.24) is 15.1 Å². The van der Waals surface area contributed by atoms with E-state index in [4.69, 9.17) is 9.26 Å². The topological polar surface area (TPSA) is 61.0 Å². The Morgan fingerprint density at radius 1 is 0.962 bits per heavy atom. The van der Waals surface area contributed by atoms with Crippen molar-refractivity contribution < 1.29 is 26.8 Å². The van der Waals surface area contributed by atoms with Gasteiger partial charge in [0, 0.05) is 12.0 Å². The first-order valence-corrected chi connectivity index (χ1v) is 7.80. The molecule has 0 spiro atoms. The van der Waals surface area contributed by atoms with Crippen LogP contribution in [-0.4, -0.2) is 15.1 Å². The lowest BCUT2D eigenvalue weighted by Crippen LogP contribution is -2.03. The van der Waals surface area contributed by atoms with Crippen molar-refractivity contribution in [2.75, 3.05) is 0 Å². The predicted molar refractivity (Wildman–Crippen MR) is 82.5 cm³/mol. The summed E-state index contributed by atoms with van der Waals surface area (Å²) in [6.07, 6.45) is 2.58. The van der Waals surface area contributed by atoms with E-state index in [-0.39, 0.29) is 5.75 Å². The molecule has 2 heterocycles. The number of nitrogens with zero attached hydrogens (tertiary/aromatic N) is 3. The standard InChI is InChI=1S/C17H13F4N3O2/c1-2-3-4-11-22-17(24-26-11)9-5-7-10(8-6-9)25-14-12(18)15(20)23-16(21)13(14)19/h5-8H,2-4H2,1H3. The molecule has 0 aliphatic carbocycles. The number of halogens is 4. The van der Waals surface area contributed by atoms with Crippen molar-refractivity contribution in [3.05, 3.63) is 53.7 Å². The van der Waals surface area contributed by atoms with Gasteiger partial charge < -0.3 is 9.26 Å². The van der Waals surface area contributed by atoms with Crippen molar-refractivity contribution in [3.63, 3.8) is 0 Å². The smallest absolute Gasteiger partial charge is 0.255 e. The molecule has 26 heavy (non-hydrogen) atoms. The third-order valence-electron chi connectivity index (χ3n) is 3.50. The van der Waals surface area contributed by atoms with Crippen LogP contribution in [-0.2, 0) is 6.42 Å². The zero-order valence-corrected chi connectivity index (χ0v) is 13.6. The van der Waals surface area contributed by atoms with Gasteiger partial charge in [-0.05, 0) is 30.7 Å². The van der Waals surface area contributed by atoms with E-state index in [9.17, 15) is 17.6 Å². The Hall–Kier alpha value is -2.97. The molecule has 136 valence electrons. The van der Waals surface area contributed by atoms with E-state index in [0.717, 1.165) is 12.8 Å². The average Bonchev–Trinajstić information content (AvgIpc) is 3.11. The predicted octanol–water partition coefficient (Wildman–Crippen LogP) is 4.82. The number of ether oxygens (including phenoxy) is 1. The second-order valence-corrected chi connectivity index (χ2v) is 5.39. The molecule has 0 bridgehead atoms. The van der Waals surface area contributed by atoms with Crippen molar-refractivity contribution >= 4 is 0 Å². The normalized spacial score (nSPS) is 11.0. The van der Waals surface area contributed by atoms with Gasteiger partial charge in [0.15, 0.2) is 0 Å². The minimum atomic E-state index is -1.79. The quantitative estimate of drug-likeness (QED) is 0.462. The molecule has 9 heteroatoms. The fraction of sp³-hybridized carbons (Fsp3) is 0.235. The summed E-state index contributed by atoms with van der Waals surface area (Å²) in [5.74, 6) is -7.40. The molecule has 0 saturated carbocycles. The van der Waals surface area contributed by atoms with Gasteiger partial charge in [0.25, 0.3) is 11.9 Å². The highest BCUT2D eigenvalue weighted by Crippen LogP contribution is 2.30. The zero-order chi connectivity index (χ0) is 18.7. The first-order chi connectivity index (χ1) is 12.5. The molecule has 0 radical (unpaired) electrons. The van der Waals surface area contributed by atoms with Gasteiger partial charge in [-0.15, -0.1) is 0 Å². The van der Waals surface area contributed by atoms with Crippen molar-refractivity contribution in [3.8, 4) is 22.9 Å². The van der Waals surface area contributed by atoms with Crippen LogP contribution in [0, 0.1) is 23.5 Å². The Labute approximate surface area is 145 Å². The molecule has 2 aromatic heterocycles. The van der Waals surface area contributed by atoms with Gasteiger partial charge in [0.05, 0.1) is 0 Å². The maximum Gasteiger partial charge on any atom is 0.255 e. The molecule has 0 unspecified atom stereocenters. The molecule has 5 nitrogen and oxygen atoms in total. The minimum Gasteiger partial charge on any atom is -0.451 e. The minimum absolute atomic E-state index is 0.0359. The highest BCUT2D eigenvalue weighted by Gasteiger charge is 2.23. The molecule has 0 amide bonds. The first kappa shape index (κ1) is 17.8. The summed E-state index contributed by atoms with van der Waals surface area (Å²) >= 11 is 0. The second kappa shape index (κ2) is 7.51. The lowest BCUT2D eigenvalue weighted by molar-refractivity contribution is 0.343. The van der Waals surface area contributed by atoms with E-state index in [2.05, 4.69) is 15.1 Å². The fourth-order valence-electron chi connectivity index (χ4n) is 2.15. The number of unbranched alkanes of at least 4 members (excludes halogenated alkanes) is 1. The summed E-state index contributed by atoms with van der Waals surface area (Å²) in [4.78, 5) is 6.70. The summed E-state index contributed by atoms with van der Waals surface area (Å²) in [6, 6.07) is 5.75. The molecule has 3 aromatic rings. The zero-order valence-electron chi connectivity index (χ0n) is 13.6. The van der Waals surface area contributed by atoms with Gasteiger partial charge in [0.1, 0.15) is 5.75 Å². The highest BCUT2D eigenvalue weighted by atomic mass is 19.2. The Bertz CT molecular complexity index is 887. The van der Waals surface area contributed by atoms with Gasteiger partial charge in [-0.2, -0.15) is 27.5 Å². The number of hydrogen-bond acceptors (Lipinski definition) is 5. The van der Waals surface area contributed by atoms with Crippen molar-refractivity contribution in [1.29, 1.82) is 0 Å². The Morgan fingerprint density at radius 2 is 1.62 bits per heavy atom. The molecule has 0 aliphatic heterocycles. The van der Waals surface area contributed by atoms with Gasteiger partial charge in [0.2, 0.25) is 29.1 Å². The Balaban J connectivity index is 1.80. The van der Waals surface area contributed by atoms with E-state index in [0.29, 0.717) is 23.7 Å². The second-order valence-electron chi connectivity index (χ2n) is 5.39. The maximum atomic E-state index is 13.6. The molecule has 0 fully saturated rings. The van der Waals surface area contributed by atoms with Crippen LogP contribution in [0.25, 0.3) is 11.4 Å². The van der Waals surface area contributed by atoms with Crippen LogP contribution in [0.15, 0.2) is 28.8 Å². The molecule has 0 N–H and O–H groups in total. The van der Waals surface area contributed by atoms with Crippen LogP contribution in [0.4, 0.5) is 17.6 Å². The molecular weight excluding hydrogens is 354 g/mol. The van der Waals surface area contributed by atoms with Crippen LogP contribution in [0.2, 0.25) is 0 Å². The lowest BCUT2D eigenvalue weighted by Gasteiger charge is -2.08. The number of pyridine rings is 1. The Kier molecular flexibility index (Phi) is 5.15. The van der Waals surface area contributed by atoms with Crippen LogP contribution in [0.5, 0.6) is 11.5 Å². The van der Waals surface area contributed by atoms with E-state index in [1.165, 1.54) is 24.3 Å². The number of hydrogen-bond donors (Lipinski definition) is 0. The molecule has 0 atom stereocenters. The van der Waals surface area contributed by atoms with E-state index in [1.807, 2.05) is 6.92 Å². The molecule has 3 rings (SSSR count). The molecule has 0 saturated heterocycles. The fourth-order valence-corrected chi connectivity index (χ4v) is 2.15. The summed E-state index contributed by atoms with van der Waals surface area (Å²) in [5.41, 5.74) is 0.580. The van der Waals surface area contributed by atoms with E-state index >= 15 is 0 Å². The van der Waals surface area contributed by atoms with Gasteiger partial charge in [-0.25, -0.2) is 0 Å². The van der Waals surface area contributed by atoms with Crippen LogP contribution < -0.4 is 4.74 Å². The number of aryl methyl sites for hydroxylation is 1. The number of rotatable bonds is 6. The van der Waals surface area contributed by atoms with Gasteiger partial charge >= 0.3 is 0 Å². The highest BCUT2D eigenvalue weighted by molar-refractivity contribution is 5.55. The van der Waals surface area contributed by atoms with Gasteiger partial charge in [-0.1, -0.05) is 18.5 Å². The van der Waals surface area contributed by atoms with Crippen molar-refractivity contribution in [2.45, 2.75) is 26.2 Å². The summed E-state index contributed by atoms with van der Waals surface area (Å²) < 4.78 is 63.4. The maximum absolute atomic E-state index is 13.6. The van der Waals surface area contributed by atoms with Crippen LogP contribution in [0.3, 0.4) is 0 Å². The average molecular weight is 367 g/mol. The third kappa shape index (κ3) is 3.66. The van der Waals surface area contributed by atoms with Gasteiger partial charge in [-0.3, -0.25) is 0 Å². The van der Waals surface area contributed by atoms with E-state index in [1.54, 1.807) is 0 Å². The third-order valence-corrected chi connectivity index (χ3v) is 3.50. The lowest BCUT2D eigenvalue weighted by atomic mass is 10.2. The SMILES string of the molecule is CCCCc1nc(-c2ccc(Oc3c(F)c(F)nc(F)c3F)cc2)no1. The van der Waals surface area contributed by atoms with Crippen molar-refractivity contribution in [2.24, 2.45) is 0 Å². The number of aromatic nitrogens is 3. The molecule has 0 aliphatic rings. The van der Waals surface area contributed by atoms with Crippen LogP contribution >= 0.6 is 0 Å².